The first-order chi connectivity index (χ1) is 7.58. The predicted octanol–water partition coefficient (Wildman–Crippen LogP) is 1.82. The molecule has 0 unspecified atom stereocenters. The summed E-state index contributed by atoms with van der Waals surface area (Å²) in [6, 6.07) is 9.02. The predicted molar refractivity (Wildman–Crippen MR) is 62.0 cm³/mol. The SMILES string of the molecule is Cc1nc(S(=O)(=O)Cc2ccccc2)ns1. The molecule has 84 valence electrons. The van der Waals surface area contributed by atoms with E-state index in [0.29, 0.717) is 5.01 Å². The molecule has 0 fully saturated rings. The molecule has 16 heavy (non-hydrogen) atoms. The van der Waals surface area contributed by atoms with Crippen LogP contribution in [0.5, 0.6) is 0 Å². The molecule has 0 amide bonds. The Labute approximate surface area is 98.1 Å². The minimum atomic E-state index is -3.40. The van der Waals surface area contributed by atoms with E-state index in [-0.39, 0.29) is 10.9 Å². The number of aromatic nitrogens is 2. The van der Waals surface area contributed by atoms with E-state index in [1.807, 2.05) is 18.2 Å². The fourth-order valence-corrected chi connectivity index (χ4v) is 3.30. The molecule has 1 heterocycles. The van der Waals surface area contributed by atoms with Crippen LogP contribution >= 0.6 is 11.5 Å². The highest BCUT2D eigenvalue weighted by molar-refractivity contribution is 7.90. The minimum Gasteiger partial charge on any atom is -0.220 e. The van der Waals surface area contributed by atoms with Crippen molar-refractivity contribution in [3.63, 3.8) is 0 Å². The first kappa shape index (κ1) is 11.2. The summed E-state index contributed by atoms with van der Waals surface area (Å²) in [5, 5.41) is 0.588. The van der Waals surface area contributed by atoms with Crippen LogP contribution in [0, 0.1) is 6.92 Å². The molecular weight excluding hydrogens is 244 g/mol. The fourth-order valence-electron chi connectivity index (χ4n) is 1.27. The zero-order valence-electron chi connectivity index (χ0n) is 8.62. The van der Waals surface area contributed by atoms with Gasteiger partial charge in [0.1, 0.15) is 5.01 Å². The first-order valence-corrected chi connectivity index (χ1v) is 7.07. The lowest BCUT2D eigenvalue weighted by Gasteiger charge is -1.99. The molecule has 6 heteroatoms. The summed E-state index contributed by atoms with van der Waals surface area (Å²) in [6.07, 6.45) is 0. The maximum absolute atomic E-state index is 11.9. The average molecular weight is 254 g/mol. The number of hydrogen-bond acceptors (Lipinski definition) is 5. The maximum Gasteiger partial charge on any atom is 0.259 e. The third-order valence-electron chi connectivity index (χ3n) is 1.99. The second kappa shape index (κ2) is 4.31. The molecule has 1 aromatic carbocycles. The van der Waals surface area contributed by atoms with Gasteiger partial charge >= 0.3 is 0 Å². The monoisotopic (exact) mass is 254 g/mol. The Morgan fingerprint density at radius 1 is 1.25 bits per heavy atom. The molecule has 1 aromatic heterocycles. The van der Waals surface area contributed by atoms with E-state index in [1.54, 1.807) is 19.1 Å². The molecule has 2 rings (SSSR count). The Bertz CT molecular complexity index is 576. The fraction of sp³-hybridized carbons (Fsp3) is 0.200. The van der Waals surface area contributed by atoms with Crippen LogP contribution in [0.4, 0.5) is 0 Å². The zero-order valence-corrected chi connectivity index (χ0v) is 10.3. The number of aryl methyl sites for hydroxylation is 1. The smallest absolute Gasteiger partial charge is 0.220 e. The molecule has 0 bridgehead atoms. The molecule has 0 saturated heterocycles. The van der Waals surface area contributed by atoms with Gasteiger partial charge in [-0.3, -0.25) is 0 Å². The Balaban J connectivity index is 2.28. The second-order valence-electron chi connectivity index (χ2n) is 3.34. The third kappa shape index (κ3) is 2.45. The lowest BCUT2D eigenvalue weighted by molar-refractivity contribution is 0.588. The van der Waals surface area contributed by atoms with Gasteiger partial charge in [-0.25, -0.2) is 13.4 Å². The lowest BCUT2D eigenvalue weighted by Crippen LogP contribution is -2.06. The van der Waals surface area contributed by atoms with Gasteiger partial charge in [0.05, 0.1) is 5.75 Å². The standard InChI is InChI=1S/C10H10N2O2S2/c1-8-11-10(12-15-8)16(13,14)7-9-5-3-2-4-6-9/h2-6H,7H2,1H3. The summed E-state index contributed by atoms with van der Waals surface area (Å²) >= 11 is 1.10. The Morgan fingerprint density at radius 2 is 1.94 bits per heavy atom. The van der Waals surface area contributed by atoms with Crippen molar-refractivity contribution in [1.29, 1.82) is 0 Å². The lowest BCUT2D eigenvalue weighted by atomic mass is 10.2. The van der Waals surface area contributed by atoms with Gasteiger partial charge < -0.3 is 0 Å². The Kier molecular flexibility index (Phi) is 3.02. The summed E-state index contributed by atoms with van der Waals surface area (Å²) < 4.78 is 27.6. The summed E-state index contributed by atoms with van der Waals surface area (Å²) in [7, 11) is -3.40. The van der Waals surface area contributed by atoms with E-state index >= 15 is 0 Å². The normalized spacial score (nSPS) is 11.6. The highest BCUT2D eigenvalue weighted by Gasteiger charge is 2.20. The summed E-state index contributed by atoms with van der Waals surface area (Å²) in [6.45, 7) is 1.74. The highest BCUT2D eigenvalue weighted by Crippen LogP contribution is 2.15. The van der Waals surface area contributed by atoms with Crippen LogP contribution in [0.25, 0.3) is 0 Å². The summed E-state index contributed by atoms with van der Waals surface area (Å²) in [5.41, 5.74) is 0.745. The molecule has 0 aliphatic heterocycles. The molecule has 0 spiro atoms. The largest absolute Gasteiger partial charge is 0.259 e. The van der Waals surface area contributed by atoms with Gasteiger partial charge in [0.2, 0.25) is 9.84 Å². The van der Waals surface area contributed by atoms with Crippen LogP contribution in [0.1, 0.15) is 10.6 Å². The minimum absolute atomic E-state index is 0.0516. The molecule has 0 radical (unpaired) electrons. The summed E-state index contributed by atoms with van der Waals surface area (Å²) in [5.74, 6) is -0.0516. The molecule has 2 aromatic rings. The number of benzene rings is 1. The van der Waals surface area contributed by atoms with Gasteiger partial charge in [-0.05, 0) is 24.0 Å². The zero-order chi connectivity index (χ0) is 11.6. The van der Waals surface area contributed by atoms with Gasteiger partial charge in [0.15, 0.2) is 0 Å². The van der Waals surface area contributed by atoms with Crippen molar-refractivity contribution in [2.75, 3.05) is 0 Å². The van der Waals surface area contributed by atoms with Crippen molar-refractivity contribution in [2.45, 2.75) is 17.8 Å². The van der Waals surface area contributed by atoms with Crippen LogP contribution in [-0.4, -0.2) is 17.8 Å². The molecule has 0 aliphatic carbocycles. The van der Waals surface area contributed by atoms with E-state index in [0.717, 1.165) is 17.1 Å². The van der Waals surface area contributed by atoms with Gasteiger partial charge in [0.25, 0.3) is 5.16 Å². The van der Waals surface area contributed by atoms with Crippen molar-refractivity contribution in [1.82, 2.24) is 9.36 Å². The van der Waals surface area contributed by atoms with E-state index in [2.05, 4.69) is 9.36 Å². The van der Waals surface area contributed by atoms with E-state index in [4.69, 9.17) is 0 Å². The number of sulfone groups is 1. The van der Waals surface area contributed by atoms with Crippen molar-refractivity contribution >= 4 is 21.4 Å². The van der Waals surface area contributed by atoms with Crippen LogP contribution in [-0.2, 0) is 15.6 Å². The van der Waals surface area contributed by atoms with Crippen LogP contribution in [0.2, 0.25) is 0 Å². The number of hydrogen-bond donors (Lipinski definition) is 0. The van der Waals surface area contributed by atoms with E-state index in [9.17, 15) is 8.42 Å². The molecular formula is C10H10N2O2S2. The van der Waals surface area contributed by atoms with Gasteiger partial charge in [0, 0.05) is 0 Å². The molecule has 0 saturated carbocycles. The van der Waals surface area contributed by atoms with Gasteiger partial charge in [-0.15, -0.1) is 0 Å². The van der Waals surface area contributed by atoms with Gasteiger partial charge in [-0.2, -0.15) is 4.37 Å². The van der Waals surface area contributed by atoms with Crippen molar-refractivity contribution < 1.29 is 8.42 Å². The maximum atomic E-state index is 11.9. The molecule has 0 aliphatic rings. The third-order valence-corrected chi connectivity index (χ3v) is 4.17. The number of nitrogens with zero attached hydrogens (tertiary/aromatic N) is 2. The Morgan fingerprint density at radius 3 is 2.50 bits per heavy atom. The van der Waals surface area contributed by atoms with Crippen molar-refractivity contribution in [2.24, 2.45) is 0 Å². The Hall–Kier alpha value is -1.27. The van der Waals surface area contributed by atoms with Crippen molar-refractivity contribution in [3.8, 4) is 0 Å². The quantitative estimate of drug-likeness (QED) is 0.838. The van der Waals surface area contributed by atoms with Crippen LogP contribution < -0.4 is 0 Å². The van der Waals surface area contributed by atoms with E-state index in [1.165, 1.54) is 0 Å². The summed E-state index contributed by atoms with van der Waals surface area (Å²) in [4.78, 5) is 3.90. The van der Waals surface area contributed by atoms with Crippen LogP contribution in [0.3, 0.4) is 0 Å². The molecule has 0 atom stereocenters. The highest BCUT2D eigenvalue weighted by atomic mass is 32.2. The average Bonchev–Trinajstić information content (AvgIpc) is 2.66. The topological polar surface area (TPSA) is 59.9 Å². The molecule has 4 nitrogen and oxygen atoms in total. The van der Waals surface area contributed by atoms with Crippen LogP contribution in [0.15, 0.2) is 35.5 Å². The molecule has 0 N–H and O–H groups in total. The first-order valence-electron chi connectivity index (χ1n) is 4.65. The van der Waals surface area contributed by atoms with E-state index < -0.39 is 9.84 Å². The van der Waals surface area contributed by atoms with Crippen molar-refractivity contribution in [3.05, 3.63) is 40.9 Å². The number of rotatable bonds is 3. The van der Waals surface area contributed by atoms with Gasteiger partial charge in [-0.1, -0.05) is 30.3 Å². The second-order valence-corrected chi connectivity index (χ2v) is 6.18.